The van der Waals surface area contributed by atoms with E-state index in [-0.39, 0.29) is 19.4 Å². The maximum Gasteiger partial charge on any atom is 0.469 e. The Morgan fingerprint density at radius 2 is 0.786 bits per heavy atom. The van der Waals surface area contributed by atoms with Crippen molar-refractivity contribution in [3.05, 3.63) is 0 Å². The molecule has 56 heavy (non-hydrogen) atoms. The maximum absolute atomic E-state index is 12.5. The first-order valence-electron chi connectivity index (χ1n) is 24.1. The van der Waals surface area contributed by atoms with Gasteiger partial charge in [-0.2, -0.15) is 0 Å². The van der Waals surface area contributed by atoms with Crippen LogP contribution in [-0.2, 0) is 28.2 Å². The predicted octanol–water partition coefficient (Wildman–Crippen LogP) is 14.9. The molecule has 0 heterocycles. The summed E-state index contributed by atoms with van der Waals surface area (Å²) in [5, 5.41) is 0. The number of phosphoric ester groups is 1. The van der Waals surface area contributed by atoms with Crippen molar-refractivity contribution in [1.29, 1.82) is 0 Å². The van der Waals surface area contributed by atoms with Gasteiger partial charge in [-0.1, -0.05) is 233 Å². The van der Waals surface area contributed by atoms with Crippen molar-refractivity contribution in [1.82, 2.24) is 0 Å². The molecule has 0 spiro atoms. The monoisotopic (exact) mass is 817 g/mol. The van der Waals surface area contributed by atoms with E-state index in [1.165, 1.54) is 180 Å². The fraction of sp³-hybridized carbons (Fsp3) is 0.957. The summed E-state index contributed by atoms with van der Waals surface area (Å²) in [5.74, 6) is 0.861. The first kappa shape index (κ1) is 55.0. The van der Waals surface area contributed by atoms with Gasteiger partial charge in [-0.15, -0.1) is 0 Å². The third-order valence-electron chi connectivity index (χ3n) is 11.3. The second-order valence-electron chi connectivity index (χ2n) is 17.5. The van der Waals surface area contributed by atoms with Crippen molar-refractivity contribution in [2.24, 2.45) is 11.8 Å². The molecule has 0 aromatic carbocycles. The molecule has 0 aromatic heterocycles. The van der Waals surface area contributed by atoms with Crippen LogP contribution < -0.4 is 0 Å². The van der Waals surface area contributed by atoms with E-state index >= 15 is 0 Å². The average Bonchev–Trinajstić information content (AvgIpc) is 3.15. The molecule has 2 N–H and O–H groups in total. The van der Waals surface area contributed by atoms with E-state index < -0.39 is 32.5 Å². The number of unbranched alkanes of at least 4 members (excludes halogenated alkanes) is 29. The van der Waals surface area contributed by atoms with Crippen LogP contribution in [0.25, 0.3) is 0 Å². The lowest BCUT2D eigenvalue weighted by atomic mass is 9.99. The largest absolute Gasteiger partial charge is 0.469 e. The molecule has 0 radical (unpaired) electrons. The molecule has 0 aliphatic rings. The van der Waals surface area contributed by atoms with Crippen LogP contribution in [-0.4, -0.2) is 41.0 Å². The molecular weight excluding hydrogens is 723 g/mol. The van der Waals surface area contributed by atoms with E-state index in [2.05, 4.69) is 32.2 Å². The highest BCUT2D eigenvalue weighted by molar-refractivity contribution is 7.46. The Bertz CT molecular complexity index is 907. The number of esters is 2. The molecule has 0 saturated heterocycles. The SMILES string of the molecule is CCC(C)CCCCCCCCCCCCCCCCCCCCC(=O)O[C@H](COC(=O)CCCCCCCCCCCCCCCC(C)C)COP(=O)(O)O. The van der Waals surface area contributed by atoms with Crippen molar-refractivity contribution in [2.75, 3.05) is 13.2 Å². The van der Waals surface area contributed by atoms with Crippen molar-refractivity contribution in [2.45, 2.75) is 265 Å². The number of hydrogen-bond acceptors (Lipinski definition) is 6. The zero-order valence-electron chi connectivity index (χ0n) is 37.4. The minimum Gasteiger partial charge on any atom is -0.462 e. The van der Waals surface area contributed by atoms with Crippen molar-refractivity contribution in [3.8, 4) is 0 Å². The number of carbonyl (C=O) groups excluding carboxylic acids is 2. The molecule has 0 aromatic rings. The van der Waals surface area contributed by atoms with E-state index in [9.17, 15) is 14.2 Å². The van der Waals surface area contributed by atoms with E-state index in [1.807, 2.05) is 0 Å². The number of rotatable bonds is 44. The van der Waals surface area contributed by atoms with Crippen molar-refractivity contribution in [3.63, 3.8) is 0 Å². The molecule has 1 unspecified atom stereocenters. The molecule has 0 aliphatic carbocycles. The normalized spacial score (nSPS) is 13.0. The van der Waals surface area contributed by atoms with Gasteiger partial charge in [-0.25, -0.2) is 4.57 Å². The molecule has 0 saturated carbocycles. The first-order chi connectivity index (χ1) is 27.0. The lowest BCUT2D eigenvalue weighted by molar-refractivity contribution is -0.161. The summed E-state index contributed by atoms with van der Waals surface area (Å²) in [7, 11) is -4.75. The van der Waals surface area contributed by atoms with Crippen molar-refractivity contribution >= 4 is 19.8 Å². The van der Waals surface area contributed by atoms with Gasteiger partial charge in [0.2, 0.25) is 0 Å². The van der Waals surface area contributed by atoms with Crippen LogP contribution in [0.1, 0.15) is 259 Å². The highest BCUT2D eigenvalue weighted by Crippen LogP contribution is 2.36. The Morgan fingerprint density at radius 1 is 0.464 bits per heavy atom. The highest BCUT2D eigenvalue weighted by Gasteiger charge is 2.23. The Hall–Kier alpha value is -0.950. The van der Waals surface area contributed by atoms with Crippen LogP contribution >= 0.6 is 7.82 Å². The summed E-state index contributed by atoms with van der Waals surface area (Å²) in [5.41, 5.74) is 0. The van der Waals surface area contributed by atoms with Crippen LogP contribution in [0.2, 0.25) is 0 Å². The Kier molecular flexibility index (Phi) is 40.1. The van der Waals surface area contributed by atoms with E-state index in [0.29, 0.717) is 6.42 Å². The van der Waals surface area contributed by atoms with Gasteiger partial charge in [0.25, 0.3) is 0 Å². The van der Waals surface area contributed by atoms with Gasteiger partial charge in [-0.3, -0.25) is 14.1 Å². The predicted molar refractivity (Wildman–Crippen MR) is 235 cm³/mol. The third-order valence-corrected chi connectivity index (χ3v) is 11.8. The van der Waals surface area contributed by atoms with Gasteiger partial charge >= 0.3 is 19.8 Å². The molecule has 0 bridgehead atoms. The second kappa shape index (κ2) is 40.8. The topological polar surface area (TPSA) is 119 Å². The minimum atomic E-state index is -4.75. The molecule has 0 aliphatic heterocycles. The average molecular weight is 817 g/mol. The van der Waals surface area contributed by atoms with Gasteiger partial charge in [0.05, 0.1) is 6.61 Å². The molecule has 334 valence electrons. The number of hydrogen-bond donors (Lipinski definition) is 2. The summed E-state index contributed by atoms with van der Waals surface area (Å²) in [6, 6.07) is 0. The minimum absolute atomic E-state index is 0.220. The third kappa shape index (κ3) is 44.2. The maximum atomic E-state index is 12.5. The molecular formula is C47H93O8P. The summed E-state index contributed by atoms with van der Waals surface area (Å²) >= 11 is 0. The fourth-order valence-electron chi connectivity index (χ4n) is 7.36. The van der Waals surface area contributed by atoms with Crippen LogP contribution in [0.5, 0.6) is 0 Å². The smallest absolute Gasteiger partial charge is 0.462 e. The fourth-order valence-corrected chi connectivity index (χ4v) is 7.72. The van der Waals surface area contributed by atoms with Crippen LogP contribution in [0.15, 0.2) is 0 Å². The highest BCUT2D eigenvalue weighted by atomic mass is 31.2. The molecule has 9 heteroatoms. The van der Waals surface area contributed by atoms with Crippen LogP contribution in [0, 0.1) is 11.8 Å². The summed E-state index contributed by atoms with van der Waals surface area (Å²) in [6.45, 7) is 8.46. The van der Waals surface area contributed by atoms with Crippen LogP contribution in [0.3, 0.4) is 0 Å². The van der Waals surface area contributed by atoms with E-state index in [4.69, 9.17) is 19.3 Å². The Labute approximate surface area is 346 Å². The standard InChI is InChI=1S/C47H93O8P/c1-5-44(4)38-34-30-26-22-18-14-10-8-6-7-9-11-15-20-24-28-32-36-40-47(49)55-45(42-54-56(50,51)52)41-53-46(48)39-35-31-27-23-19-16-12-13-17-21-25-29-33-37-43(2)3/h43-45H,5-42H2,1-4H3,(H2,50,51,52)/t44?,45-/m1/s1. The number of carbonyl (C=O) groups is 2. The van der Waals surface area contributed by atoms with Gasteiger partial charge in [0.1, 0.15) is 6.61 Å². The Balaban J connectivity index is 3.79. The second-order valence-corrected chi connectivity index (χ2v) is 18.8. The van der Waals surface area contributed by atoms with Crippen molar-refractivity contribution < 1.29 is 37.9 Å². The number of ether oxygens (including phenoxy) is 2. The zero-order chi connectivity index (χ0) is 41.4. The van der Waals surface area contributed by atoms with E-state index in [0.717, 1.165) is 43.9 Å². The van der Waals surface area contributed by atoms with Gasteiger partial charge in [0.15, 0.2) is 6.10 Å². The lowest BCUT2D eigenvalue weighted by Crippen LogP contribution is -2.29. The summed E-state index contributed by atoms with van der Waals surface area (Å²) < 4.78 is 26.5. The molecule has 0 amide bonds. The van der Waals surface area contributed by atoms with E-state index in [1.54, 1.807) is 0 Å². The first-order valence-corrected chi connectivity index (χ1v) is 25.6. The van der Waals surface area contributed by atoms with Crippen LogP contribution in [0.4, 0.5) is 0 Å². The molecule has 0 fully saturated rings. The molecule has 2 atom stereocenters. The van der Waals surface area contributed by atoms with Gasteiger partial charge in [-0.05, 0) is 24.7 Å². The van der Waals surface area contributed by atoms with Gasteiger partial charge < -0.3 is 19.3 Å². The molecule has 0 rings (SSSR count). The quantitative estimate of drug-likeness (QED) is 0.0354. The lowest BCUT2D eigenvalue weighted by Gasteiger charge is -2.18. The van der Waals surface area contributed by atoms with Gasteiger partial charge in [0, 0.05) is 12.8 Å². The summed E-state index contributed by atoms with van der Waals surface area (Å²) in [4.78, 5) is 43.0. The molecule has 8 nitrogen and oxygen atoms in total. The number of phosphoric acid groups is 1. The zero-order valence-corrected chi connectivity index (χ0v) is 38.3. The summed E-state index contributed by atoms with van der Waals surface area (Å²) in [6.07, 6.45) is 42.6. The Morgan fingerprint density at radius 3 is 1.12 bits per heavy atom.